The summed E-state index contributed by atoms with van der Waals surface area (Å²) in [5.74, 6) is 4.50. The molecule has 3 heteroatoms. The lowest BCUT2D eigenvalue weighted by Crippen LogP contribution is -2.23. The highest BCUT2D eigenvalue weighted by atomic mass is 16.5. The lowest BCUT2D eigenvalue weighted by molar-refractivity contribution is 0.280. The molecule has 1 saturated heterocycles. The summed E-state index contributed by atoms with van der Waals surface area (Å²) >= 11 is 0. The molecular formula is C15H19NO2. The van der Waals surface area contributed by atoms with Crippen LogP contribution in [0.25, 0.3) is 0 Å². The van der Waals surface area contributed by atoms with Crippen molar-refractivity contribution in [1.82, 2.24) is 4.90 Å². The van der Waals surface area contributed by atoms with Gasteiger partial charge in [0, 0.05) is 11.6 Å². The topological polar surface area (TPSA) is 21.7 Å². The Morgan fingerprint density at radius 2 is 2.22 bits per heavy atom. The molecule has 0 aliphatic carbocycles. The second-order valence-electron chi connectivity index (χ2n) is 4.44. The van der Waals surface area contributed by atoms with Crippen molar-refractivity contribution in [3.63, 3.8) is 0 Å². The van der Waals surface area contributed by atoms with E-state index in [9.17, 15) is 0 Å². The van der Waals surface area contributed by atoms with Gasteiger partial charge in [-0.3, -0.25) is 4.90 Å². The number of methoxy groups -OCH3 is 2. The van der Waals surface area contributed by atoms with E-state index in [2.05, 4.69) is 16.9 Å². The van der Waals surface area contributed by atoms with Gasteiger partial charge in [0.1, 0.15) is 11.5 Å². The van der Waals surface area contributed by atoms with Crippen molar-refractivity contribution in [2.45, 2.75) is 18.9 Å². The minimum atomic E-state index is 0.339. The number of rotatable bonds is 4. The predicted molar refractivity (Wildman–Crippen MR) is 71.9 cm³/mol. The Morgan fingerprint density at radius 3 is 2.89 bits per heavy atom. The molecule has 1 fully saturated rings. The van der Waals surface area contributed by atoms with E-state index in [0.717, 1.165) is 24.5 Å². The molecule has 0 spiro atoms. The Kier molecular flexibility index (Phi) is 4.11. The summed E-state index contributed by atoms with van der Waals surface area (Å²) < 4.78 is 10.7. The quantitative estimate of drug-likeness (QED) is 0.761. The van der Waals surface area contributed by atoms with Crippen molar-refractivity contribution >= 4 is 0 Å². The Hall–Kier alpha value is -1.66. The molecule has 1 aromatic rings. The molecule has 2 rings (SSSR count). The van der Waals surface area contributed by atoms with Crippen molar-refractivity contribution in [3.8, 4) is 23.8 Å². The first-order valence-electron chi connectivity index (χ1n) is 6.19. The number of hydrogen-bond donors (Lipinski definition) is 0. The van der Waals surface area contributed by atoms with Gasteiger partial charge in [-0.05, 0) is 37.6 Å². The fourth-order valence-corrected chi connectivity index (χ4v) is 2.58. The first-order valence-corrected chi connectivity index (χ1v) is 6.19. The summed E-state index contributed by atoms with van der Waals surface area (Å²) in [5, 5.41) is 0. The molecule has 96 valence electrons. The number of nitrogens with zero attached hydrogens (tertiary/aromatic N) is 1. The van der Waals surface area contributed by atoms with Gasteiger partial charge in [0.05, 0.1) is 20.8 Å². The fourth-order valence-electron chi connectivity index (χ4n) is 2.58. The van der Waals surface area contributed by atoms with Gasteiger partial charge in [-0.1, -0.05) is 5.92 Å². The molecule has 0 aromatic heterocycles. The smallest absolute Gasteiger partial charge is 0.123 e. The van der Waals surface area contributed by atoms with Gasteiger partial charge in [0.25, 0.3) is 0 Å². The van der Waals surface area contributed by atoms with Crippen LogP contribution in [-0.2, 0) is 0 Å². The van der Waals surface area contributed by atoms with Crippen LogP contribution in [0.5, 0.6) is 11.5 Å². The maximum Gasteiger partial charge on any atom is 0.123 e. The number of terminal acetylenes is 1. The van der Waals surface area contributed by atoms with E-state index >= 15 is 0 Å². The highest BCUT2D eigenvalue weighted by Crippen LogP contribution is 2.38. The van der Waals surface area contributed by atoms with Gasteiger partial charge in [0.15, 0.2) is 0 Å². The van der Waals surface area contributed by atoms with E-state index < -0.39 is 0 Å². The standard InChI is InChI=1S/C15H19NO2/c1-4-9-16-10-5-6-14(16)13-11-12(17-2)7-8-15(13)18-3/h1,7-8,11,14H,5-6,9-10H2,2-3H3. The van der Waals surface area contributed by atoms with Crippen LogP contribution in [0.1, 0.15) is 24.4 Å². The zero-order valence-electron chi connectivity index (χ0n) is 11.0. The van der Waals surface area contributed by atoms with Crippen LogP contribution < -0.4 is 9.47 Å². The van der Waals surface area contributed by atoms with Crippen LogP contribution in [0.15, 0.2) is 18.2 Å². The molecule has 0 radical (unpaired) electrons. The Balaban J connectivity index is 2.33. The normalized spacial score (nSPS) is 19.5. The Morgan fingerprint density at radius 1 is 1.39 bits per heavy atom. The maximum atomic E-state index is 5.45. The van der Waals surface area contributed by atoms with Crippen LogP contribution in [0.2, 0.25) is 0 Å². The molecule has 1 heterocycles. The molecule has 0 amide bonds. The van der Waals surface area contributed by atoms with Gasteiger partial charge < -0.3 is 9.47 Å². The van der Waals surface area contributed by atoms with Gasteiger partial charge in [-0.15, -0.1) is 6.42 Å². The molecule has 0 N–H and O–H groups in total. The lowest BCUT2D eigenvalue weighted by atomic mass is 10.0. The van der Waals surface area contributed by atoms with Crippen molar-refractivity contribution in [3.05, 3.63) is 23.8 Å². The minimum absolute atomic E-state index is 0.339. The summed E-state index contributed by atoms with van der Waals surface area (Å²) in [7, 11) is 3.38. The predicted octanol–water partition coefficient (Wildman–Crippen LogP) is 2.47. The van der Waals surface area contributed by atoms with E-state index in [1.807, 2.05) is 12.1 Å². The molecular weight excluding hydrogens is 226 g/mol. The van der Waals surface area contributed by atoms with E-state index in [-0.39, 0.29) is 0 Å². The maximum absolute atomic E-state index is 5.45. The monoisotopic (exact) mass is 245 g/mol. The zero-order chi connectivity index (χ0) is 13.0. The van der Waals surface area contributed by atoms with Gasteiger partial charge in [-0.25, -0.2) is 0 Å². The number of benzene rings is 1. The van der Waals surface area contributed by atoms with Crippen molar-refractivity contribution < 1.29 is 9.47 Å². The number of ether oxygens (including phenoxy) is 2. The van der Waals surface area contributed by atoms with E-state index in [1.54, 1.807) is 14.2 Å². The molecule has 18 heavy (non-hydrogen) atoms. The summed E-state index contributed by atoms with van der Waals surface area (Å²) in [4.78, 5) is 2.32. The Bertz CT molecular complexity index is 450. The molecule has 1 aliphatic heterocycles. The highest BCUT2D eigenvalue weighted by Gasteiger charge is 2.27. The number of hydrogen-bond acceptors (Lipinski definition) is 3. The average Bonchev–Trinajstić information content (AvgIpc) is 2.86. The Labute approximate surface area is 109 Å². The third-order valence-electron chi connectivity index (χ3n) is 3.45. The molecule has 3 nitrogen and oxygen atoms in total. The van der Waals surface area contributed by atoms with Gasteiger partial charge in [-0.2, -0.15) is 0 Å². The first-order chi connectivity index (χ1) is 8.80. The van der Waals surface area contributed by atoms with Crippen LogP contribution >= 0.6 is 0 Å². The molecule has 1 atom stereocenters. The van der Waals surface area contributed by atoms with Crippen molar-refractivity contribution in [2.24, 2.45) is 0 Å². The van der Waals surface area contributed by atoms with Crippen LogP contribution in [0.4, 0.5) is 0 Å². The van der Waals surface area contributed by atoms with Gasteiger partial charge in [0.2, 0.25) is 0 Å². The highest BCUT2D eigenvalue weighted by molar-refractivity contribution is 5.42. The molecule has 0 saturated carbocycles. The van der Waals surface area contributed by atoms with Crippen LogP contribution in [0, 0.1) is 12.3 Å². The van der Waals surface area contributed by atoms with E-state index in [0.29, 0.717) is 12.6 Å². The summed E-state index contributed by atoms with van der Waals surface area (Å²) in [6.45, 7) is 1.74. The fraction of sp³-hybridized carbons (Fsp3) is 0.467. The van der Waals surface area contributed by atoms with Crippen molar-refractivity contribution in [2.75, 3.05) is 27.3 Å². The molecule has 1 unspecified atom stereocenters. The molecule has 1 aromatic carbocycles. The van der Waals surface area contributed by atoms with Crippen LogP contribution in [0.3, 0.4) is 0 Å². The minimum Gasteiger partial charge on any atom is -0.497 e. The summed E-state index contributed by atoms with van der Waals surface area (Å²) in [5.41, 5.74) is 1.17. The second kappa shape index (κ2) is 5.79. The van der Waals surface area contributed by atoms with Gasteiger partial charge >= 0.3 is 0 Å². The zero-order valence-corrected chi connectivity index (χ0v) is 11.0. The second-order valence-corrected chi connectivity index (χ2v) is 4.44. The largest absolute Gasteiger partial charge is 0.497 e. The van der Waals surface area contributed by atoms with E-state index in [4.69, 9.17) is 15.9 Å². The third kappa shape index (κ3) is 2.44. The van der Waals surface area contributed by atoms with Crippen molar-refractivity contribution in [1.29, 1.82) is 0 Å². The molecule has 0 bridgehead atoms. The summed E-state index contributed by atoms with van der Waals surface area (Å²) in [6.07, 6.45) is 7.72. The average molecular weight is 245 g/mol. The first kappa shape index (κ1) is 12.8. The number of likely N-dealkylation sites (tertiary alicyclic amines) is 1. The molecule has 1 aliphatic rings. The van der Waals surface area contributed by atoms with Crippen LogP contribution in [-0.4, -0.2) is 32.2 Å². The lowest BCUT2D eigenvalue weighted by Gasteiger charge is -2.24. The van der Waals surface area contributed by atoms with E-state index in [1.165, 1.54) is 12.0 Å². The SMILES string of the molecule is C#CCN1CCCC1c1cc(OC)ccc1OC. The third-order valence-corrected chi connectivity index (χ3v) is 3.45. The summed E-state index contributed by atoms with van der Waals surface area (Å²) in [6, 6.07) is 6.27.